The first-order valence-electron chi connectivity index (χ1n) is 8.09. The van der Waals surface area contributed by atoms with E-state index in [0.717, 1.165) is 6.42 Å². The van der Waals surface area contributed by atoms with Crippen LogP contribution in [-0.2, 0) is 4.79 Å². The maximum absolute atomic E-state index is 10.6. The minimum atomic E-state index is -0.871. The van der Waals surface area contributed by atoms with Crippen molar-refractivity contribution in [1.82, 2.24) is 0 Å². The average molecular weight is 367 g/mol. The van der Waals surface area contributed by atoms with Gasteiger partial charge in [0, 0.05) is 5.92 Å². The van der Waals surface area contributed by atoms with E-state index in [1.165, 1.54) is 44.9 Å². The fraction of sp³-hybridized carbons (Fsp3) is 0.632. The Hall–Kier alpha value is -1.19. The highest BCUT2D eigenvalue weighted by Crippen LogP contribution is 2.13. The zero-order chi connectivity index (χ0) is 16.6. The van der Waals surface area contributed by atoms with E-state index in [0.29, 0.717) is 0 Å². The van der Waals surface area contributed by atoms with Crippen LogP contribution in [0.25, 0.3) is 0 Å². The number of halogens is 1. The Balaban J connectivity index is 3.86. The summed E-state index contributed by atoms with van der Waals surface area (Å²) in [5.41, 5.74) is 0. The second kappa shape index (κ2) is 14.7. The molecule has 0 spiro atoms. The normalized spacial score (nSPS) is 12.3. The van der Waals surface area contributed by atoms with Gasteiger partial charge in [-0.3, -0.25) is 4.79 Å². The summed E-state index contributed by atoms with van der Waals surface area (Å²) in [5, 5.41) is 8.69. The first-order chi connectivity index (χ1) is 10.6. The lowest BCUT2D eigenvalue weighted by Gasteiger charge is -2.02. The second-order valence-electron chi connectivity index (χ2n) is 5.36. The third kappa shape index (κ3) is 13.8. The van der Waals surface area contributed by atoms with Crippen molar-refractivity contribution in [2.24, 2.45) is 5.92 Å². The first kappa shape index (κ1) is 20.8. The minimum Gasteiger partial charge on any atom is -0.481 e. The van der Waals surface area contributed by atoms with Gasteiger partial charge in [0.15, 0.2) is 0 Å². The lowest BCUT2D eigenvalue weighted by molar-refractivity contribution is -0.137. The largest absolute Gasteiger partial charge is 0.481 e. The molecule has 2 atom stereocenters. The molecular formula is C19H27BrO2. The summed E-state index contributed by atoms with van der Waals surface area (Å²) in [6.45, 7) is 5.81. The molecular weight excluding hydrogens is 340 g/mol. The Bertz CT molecular complexity index is 434. The maximum atomic E-state index is 10.6. The molecule has 0 radical (unpaired) electrons. The van der Waals surface area contributed by atoms with Gasteiger partial charge in [-0.05, 0) is 18.3 Å². The number of hydrogen-bond donors (Lipinski definition) is 1. The number of allylic oxidation sites excluding steroid dienone is 1. The molecule has 22 heavy (non-hydrogen) atoms. The van der Waals surface area contributed by atoms with Crippen LogP contribution in [0.15, 0.2) is 12.7 Å². The molecule has 0 aromatic rings. The molecule has 0 bridgehead atoms. The van der Waals surface area contributed by atoms with Crippen LogP contribution in [0, 0.1) is 29.6 Å². The van der Waals surface area contributed by atoms with Crippen LogP contribution in [0.5, 0.6) is 0 Å². The Morgan fingerprint density at radius 2 is 1.73 bits per heavy atom. The highest BCUT2D eigenvalue weighted by Gasteiger charge is 2.04. The molecule has 1 N–H and O–H groups in total. The highest BCUT2D eigenvalue weighted by atomic mass is 79.9. The van der Waals surface area contributed by atoms with Crippen molar-refractivity contribution in [3.05, 3.63) is 12.7 Å². The second-order valence-corrected chi connectivity index (χ2v) is 6.46. The standard InChI is InChI=1S/C19H27BrO2/c1-3-5-6-7-8-9-10-14-18(20)15-12-11-13-17(4-2)16-19(21)22/h4,17-18H,2-3,5-10,14,16H2,1H3,(H,21,22). The van der Waals surface area contributed by atoms with E-state index in [2.05, 4.69) is 53.1 Å². The Morgan fingerprint density at radius 3 is 2.32 bits per heavy atom. The lowest BCUT2D eigenvalue weighted by Crippen LogP contribution is -2.02. The Labute approximate surface area is 143 Å². The lowest BCUT2D eigenvalue weighted by atomic mass is 10.1. The van der Waals surface area contributed by atoms with Crippen LogP contribution in [0.2, 0.25) is 0 Å². The van der Waals surface area contributed by atoms with Gasteiger partial charge >= 0.3 is 5.97 Å². The van der Waals surface area contributed by atoms with Gasteiger partial charge < -0.3 is 5.11 Å². The van der Waals surface area contributed by atoms with Crippen LogP contribution in [0.3, 0.4) is 0 Å². The third-order valence-electron chi connectivity index (χ3n) is 3.29. The van der Waals surface area contributed by atoms with E-state index in [4.69, 9.17) is 5.11 Å². The van der Waals surface area contributed by atoms with Crippen LogP contribution >= 0.6 is 15.9 Å². The number of rotatable bonds is 11. The fourth-order valence-electron chi connectivity index (χ4n) is 1.98. The zero-order valence-electron chi connectivity index (χ0n) is 13.5. The number of hydrogen-bond acceptors (Lipinski definition) is 1. The summed E-state index contributed by atoms with van der Waals surface area (Å²) in [6.07, 6.45) is 11.6. The van der Waals surface area contributed by atoms with Crippen molar-refractivity contribution in [3.63, 3.8) is 0 Å². The molecule has 0 aliphatic heterocycles. The van der Waals surface area contributed by atoms with Gasteiger partial charge in [-0.1, -0.05) is 85.7 Å². The van der Waals surface area contributed by atoms with Gasteiger partial charge in [0.25, 0.3) is 0 Å². The molecule has 0 aliphatic carbocycles. The van der Waals surface area contributed by atoms with Crippen LogP contribution in [0.1, 0.15) is 64.7 Å². The van der Waals surface area contributed by atoms with Gasteiger partial charge in [0.2, 0.25) is 0 Å². The van der Waals surface area contributed by atoms with Crippen molar-refractivity contribution in [2.45, 2.75) is 69.5 Å². The molecule has 0 saturated heterocycles. The molecule has 122 valence electrons. The summed E-state index contributed by atoms with van der Waals surface area (Å²) >= 11 is 3.54. The molecule has 0 saturated carbocycles. The summed E-state index contributed by atoms with van der Waals surface area (Å²) in [5.74, 6) is 10.2. The molecule has 3 heteroatoms. The molecule has 2 nitrogen and oxygen atoms in total. The van der Waals surface area contributed by atoms with E-state index in [1.54, 1.807) is 6.08 Å². The quantitative estimate of drug-likeness (QED) is 0.237. The molecule has 0 rings (SSSR count). The van der Waals surface area contributed by atoms with Crippen LogP contribution in [0.4, 0.5) is 0 Å². The van der Waals surface area contributed by atoms with Gasteiger partial charge in [-0.25, -0.2) is 0 Å². The van der Waals surface area contributed by atoms with E-state index in [-0.39, 0.29) is 17.2 Å². The fourth-order valence-corrected chi connectivity index (χ4v) is 2.42. The van der Waals surface area contributed by atoms with Gasteiger partial charge in [-0.2, -0.15) is 0 Å². The Morgan fingerprint density at radius 1 is 1.14 bits per heavy atom. The van der Waals surface area contributed by atoms with Crippen molar-refractivity contribution in [3.8, 4) is 23.7 Å². The van der Waals surface area contributed by atoms with E-state index in [1.807, 2.05) is 0 Å². The number of carboxylic acid groups (broad SMARTS) is 1. The van der Waals surface area contributed by atoms with Crippen molar-refractivity contribution >= 4 is 21.9 Å². The number of aliphatic carboxylic acids is 1. The topological polar surface area (TPSA) is 37.3 Å². The molecule has 0 heterocycles. The van der Waals surface area contributed by atoms with E-state index < -0.39 is 5.97 Å². The molecule has 0 aromatic carbocycles. The Kier molecular flexibility index (Phi) is 13.9. The smallest absolute Gasteiger partial charge is 0.304 e. The predicted octanol–water partition coefficient (Wildman–Crippen LogP) is 5.17. The van der Waals surface area contributed by atoms with Crippen molar-refractivity contribution in [1.29, 1.82) is 0 Å². The summed E-state index contributed by atoms with van der Waals surface area (Å²) in [4.78, 5) is 10.7. The SMILES string of the molecule is C=CC(C#CC#CC(Br)CCCCCCCCC)CC(=O)O. The maximum Gasteiger partial charge on any atom is 0.304 e. The average Bonchev–Trinajstić information content (AvgIpc) is 2.49. The zero-order valence-corrected chi connectivity index (χ0v) is 15.1. The summed E-state index contributed by atoms with van der Waals surface area (Å²) in [7, 11) is 0. The van der Waals surface area contributed by atoms with Gasteiger partial charge in [0.1, 0.15) is 0 Å². The van der Waals surface area contributed by atoms with E-state index >= 15 is 0 Å². The highest BCUT2D eigenvalue weighted by molar-refractivity contribution is 9.09. The summed E-state index contributed by atoms with van der Waals surface area (Å²) < 4.78 is 0. The molecule has 0 amide bonds. The number of carbonyl (C=O) groups is 1. The molecule has 0 aromatic heterocycles. The predicted molar refractivity (Wildman–Crippen MR) is 96.8 cm³/mol. The molecule has 2 unspecified atom stereocenters. The number of alkyl halides is 1. The molecule has 0 aliphatic rings. The number of carboxylic acids is 1. The summed E-state index contributed by atoms with van der Waals surface area (Å²) in [6, 6.07) is 0. The van der Waals surface area contributed by atoms with Crippen molar-refractivity contribution in [2.75, 3.05) is 0 Å². The van der Waals surface area contributed by atoms with Gasteiger partial charge in [0.05, 0.1) is 11.2 Å². The third-order valence-corrected chi connectivity index (χ3v) is 3.98. The first-order valence-corrected chi connectivity index (χ1v) is 9.01. The van der Waals surface area contributed by atoms with Crippen molar-refractivity contribution < 1.29 is 9.90 Å². The van der Waals surface area contributed by atoms with Crippen LogP contribution in [-0.4, -0.2) is 15.9 Å². The molecule has 0 fully saturated rings. The van der Waals surface area contributed by atoms with Gasteiger partial charge in [-0.15, -0.1) is 6.58 Å². The van der Waals surface area contributed by atoms with Crippen LogP contribution < -0.4 is 0 Å². The van der Waals surface area contributed by atoms with E-state index in [9.17, 15) is 4.79 Å². The minimum absolute atomic E-state index is 0.0199. The number of unbranched alkanes of at least 4 members (excludes halogenated alkanes) is 6. The monoisotopic (exact) mass is 366 g/mol.